The smallest absolute Gasteiger partial charge is 0.321 e. The van der Waals surface area contributed by atoms with Crippen LogP contribution in [0.25, 0.3) is 0 Å². The number of hydrogen-bond donors (Lipinski definition) is 1. The topological polar surface area (TPSA) is 42.0 Å². The van der Waals surface area contributed by atoms with Gasteiger partial charge in [0.2, 0.25) is 0 Å². The van der Waals surface area contributed by atoms with Crippen LogP contribution in [0, 0.1) is 6.92 Å². The molecule has 20 heavy (non-hydrogen) atoms. The van der Waals surface area contributed by atoms with Crippen molar-refractivity contribution in [1.82, 2.24) is 4.98 Å². The zero-order valence-electron chi connectivity index (χ0n) is 10.1. The van der Waals surface area contributed by atoms with Gasteiger partial charge in [0.15, 0.2) is 0 Å². The van der Waals surface area contributed by atoms with Crippen molar-refractivity contribution in [2.45, 2.75) is 13.1 Å². The van der Waals surface area contributed by atoms with E-state index < -0.39 is 17.6 Å². The summed E-state index contributed by atoms with van der Waals surface area (Å²) in [6.45, 7) is 1.70. The fraction of sp³-hybridized carbons (Fsp3) is 0.167. The predicted molar refractivity (Wildman–Crippen MR) is 71.3 cm³/mol. The molecule has 0 atom stereocenters. The second-order valence-electron chi connectivity index (χ2n) is 3.89. The third-order valence-electron chi connectivity index (χ3n) is 2.38. The van der Waals surface area contributed by atoms with Crippen molar-refractivity contribution in [3.63, 3.8) is 0 Å². The van der Waals surface area contributed by atoms with Gasteiger partial charge in [0.1, 0.15) is 4.88 Å². The van der Waals surface area contributed by atoms with E-state index in [2.05, 4.69) is 10.3 Å². The number of alkyl halides is 3. The van der Waals surface area contributed by atoms with Crippen LogP contribution >= 0.6 is 22.9 Å². The van der Waals surface area contributed by atoms with E-state index >= 15 is 0 Å². The normalized spacial score (nSPS) is 11.4. The van der Waals surface area contributed by atoms with Crippen molar-refractivity contribution in [2.75, 3.05) is 5.32 Å². The molecule has 1 N–H and O–H groups in total. The Bertz CT molecular complexity index is 654. The van der Waals surface area contributed by atoms with Gasteiger partial charge in [0.05, 0.1) is 22.5 Å². The second kappa shape index (κ2) is 5.41. The van der Waals surface area contributed by atoms with Crippen LogP contribution in [0.15, 0.2) is 24.4 Å². The lowest BCUT2D eigenvalue weighted by Crippen LogP contribution is -2.15. The molecule has 0 saturated carbocycles. The Kier molecular flexibility index (Phi) is 4.01. The average Bonchev–Trinajstić information content (AvgIpc) is 2.77. The van der Waals surface area contributed by atoms with E-state index in [0.29, 0.717) is 5.01 Å². The fourth-order valence-corrected chi connectivity index (χ4v) is 2.36. The zero-order valence-corrected chi connectivity index (χ0v) is 11.7. The number of hydrogen-bond acceptors (Lipinski definition) is 3. The lowest BCUT2D eigenvalue weighted by atomic mass is 10.1. The fourth-order valence-electron chi connectivity index (χ4n) is 1.51. The highest BCUT2D eigenvalue weighted by molar-refractivity contribution is 7.13. The Morgan fingerprint density at radius 1 is 1.40 bits per heavy atom. The number of benzene rings is 1. The molecule has 0 aliphatic heterocycles. The number of nitrogens with zero attached hydrogens (tertiary/aromatic N) is 1. The SMILES string of the molecule is Cc1ncc(C(=O)Nc2ccc(Cl)cc2C(F)(F)F)s1. The molecule has 0 aliphatic rings. The number of carbonyl (C=O) groups excluding carboxylic acids is 1. The molecule has 0 unspecified atom stereocenters. The van der Waals surface area contributed by atoms with Gasteiger partial charge in [-0.1, -0.05) is 11.6 Å². The summed E-state index contributed by atoms with van der Waals surface area (Å²) in [5.74, 6) is -0.636. The summed E-state index contributed by atoms with van der Waals surface area (Å²) < 4.78 is 38.6. The van der Waals surface area contributed by atoms with Gasteiger partial charge in [-0.25, -0.2) is 4.98 Å². The van der Waals surface area contributed by atoms with Crippen molar-refractivity contribution in [2.24, 2.45) is 0 Å². The number of rotatable bonds is 2. The molecule has 2 rings (SSSR count). The van der Waals surface area contributed by atoms with Gasteiger partial charge < -0.3 is 5.32 Å². The van der Waals surface area contributed by atoms with Crippen molar-refractivity contribution in [1.29, 1.82) is 0 Å². The number of amides is 1. The van der Waals surface area contributed by atoms with Crippen LogP contribution in [0.1, 0.15) is 20.2 Å². The van der Waals surface area contributed by atoms with Crippen molar-refractivity contribution in [3.8, 4) is 0 Å². The summed E-state index contributed by atoms with van der Waals surface area (Å²) in [7, 11) is 0. The highest BCUT2D eigenvalue weighted by Gasteiger charge is 2.34. The van der Waals surface area contributed by atoms with E-state index in [9.17, 15) is 18.0 Å². The van der Waals surface area contributed by atoms with E-state index in [4.69, 9.17) is 11.6 Å². The Morgan fingerprint density at radius 2 is 2.10 bits per heavy atom. The predicted octanol–water partition coefficient (Wildman–Crippen LogP) is 4.38. The van der Waals surface area contributed by atoms with Crippen LogP contribution in [0.2, 0.25) is 5.02 Å². The van der Waals surface area contributed by atoms with E-state index in [1.165, 1.54) is 12.3 Å². The third-order valence-corrected chi connectivity index (χ3v) is 3.53. The molecule has 1 aromatic carbocycles. The van der Waals surface area contributed by atoms with E-state index in [1.54, 1.807) is 6.92 Å². The van der Waals surface area contributed by atoms with Crippen molar-refractivity contribution >= 4 is 34.5 Å². The van der Waals surface area contributed by atoms with Gasteiger partial charge in [-0.05, 0) is 25.1 Å². The Labute approximate surface area is 121 Å². The van der Waals surface area contributed by atoms with Gasteiger partial charge in [0.25, 0.3) is 5.91 Å². The number of carbonyl (C=O) groups is 1. The number of nitrogens with one attached hydrogen (secondary N) is 1. The van der Waals surface area contributed by atoms with E-state index in [1.807, 2.05) is 0 Å². The summed E-state index contributed by atoms with van der Waals surface area (Å²) in [4.78, 5) is 16.0. The monoisotopic (exact) mass is 320 g/mol. The first-order chi connectivity index (χ1) is 9.27. The van der Waals surface area contributed by atoms with Gasteiger partial charge in [-0.15, -0.1) is 11.3 Å². The molecule has 0 saturated heterocycles. The van der Waals surface area contributed by atoms with Crippen LogP contribution < -0.4 is 5.32 Å². The summed E-state index contributed by atoms with van der Waals surface area (Å²) in [5, 5.41) is 2.83. The zero-order chi connectivity index (χ0) is 14.9. The first-order valence-corrected chi connectivity index (χ1v) is 6.57. The second-order valence-corrected chi connectivity index (χ2v) is 5.56. The molecule has 106 valence electrons. The van der Waals surface area contributed by atoms with Crippen molar-refractivity contribution < 1.29 is 18.0 Å². The minimum Gasteiger partial charge on any atom is -0.321 e. The largest absolute Gasteiger partial charge is 0.418 e. The minimum absolute atomic E-state index is 0.0519. The molecule has 0 aliphatic carbocycles. The molecule has 0 spiro atoms. The number of halogens is 4. The molecule has 1 heterocycles. The maximum atomic E-state index is 12.9. The van der Waals surface area contributed by atoms with Gasteiger partial charge in [-0.3, -0.25) is 4.79 Å². The summed E-state index contributed by atoms with van der Waals surface area (Å²) in [5.41, 5.74) is -1.32. The molecule has 1 aromatic heterocycles. The highest BCUT2D eigenvalue weighted by atomic mass is 35.5. The van der Waals surface area contributed by atoms with E-state index in [-0.39, 0.29) is 15.6 Å². The van der Waals surface area contributed by atoms with Crippen molar-refractivity contribution in [3.05, 3.63) is 44.9 Å². The van der Waals surface area contributed by atoms with E-state index in [0.717, 1.165) is 23.5 Å². The number of aryl methyl sites for hydroxylation is 1. The minimum atomic E-state index is -4.60. The Balaban J connectivity index is 2.32. The first kappa shape index (κ1) is 14.8. The molecule has 8 heteroatoms. The molecule has 1 amide bonds. The lowest BCUT2D eigenvalue weighted by molar-refractivity contribution is -0.136. The van der Waals surface area contributed by atoms with Crippen LogP contribution in [0.3, 0.4) is 0 Å². The van der Waals surface area contributed by atoms with Gasteiger partial charge in [0, 0.05) is 5.02 Å². The quantitative estimate of drug-likeness (QED) is 0.892. The van der Waals surface area contributed by atoms with Crippen LogP contribution in [-0.4, -0.2) is 10.9 Å². The molecule has 2 aromatic rings. The van der Waals surface area contributed by atoms with Gasteiger partial charge in [-0.2, -0.15) is 13.2 Å². The Hall–Kier alpha value is -1.60. The third kappa shape index (κ3) is 3.29. The first-order valence-electron chi connectivity index (χ1n) is 5.38. The summed E-state index contributed by atoms with van der Waals surface area (Å²) in [6.07, 6.45) is -3.28. The molecular weight excluding hydrogens is 313 g/mol. The maximum absolute atomic E-state index is 12.9. The van der Waals surface area contributed by atoms with Crippen LogP contribution in [0.4, 0.5) is 18.9 Å². The summed E-state index contributed by atoms with van der Waals surface area (Å²) in [6, 6.07) is 3.18. The average molecular weight is 321 g/mol. The Morgan fingerprint density at radius 3 is 2.65 bits per heavy atom. The lowest BCUT2D eigenvalue weighted by Gasteiger charge is -2.13. The standard InChI is InChI=1S/C12H8ClF3N2OS/c1-6-17-5-10(20-6)11(19)18-9-3-2-7(13)4-8(9)12(14,15)16/h2-5H,1H3,(H,18,19). The van der Waals surface area contributed by atoms with Gasteiger partial charge >= 0.3 is 6.18 Å². The van der Waals surface area contributed by atoms with Crippen LogP contribution in [-0.2, 0) is 6.18 Å². The maximum Gasteiger partial charge on any atom is 0.418 e. The number of thiazole rings is 1. The molecule has 0 fully saturated rings. The van der Waals surface area contributed by atoms with Crippen LogP contribution in [0.5, 0.6) is 0 Å². The molecule has 0 radical (unpaired) electrons. The number of aromatic nitrogens is 1. The number of anilines is 1. The molecule has 3 nitrogen and oxygen atoms in total. The molecular formula is C12H8ClF3N2OS. The summed E-state index contributed by atoms with van der Waals surface area (Å²) >= 11 is 6.66. The molecule has 0 bridgehead atoms. The highest BCUT2D eigenvalue weighted by Crippen LogP contribution is 2.36.